The third-order valence-electron chi connectivity index (χ3n) is 1.66. The molecular weight excluding hydrogens is 210 g/mol. The molecule has 0 saturated heterocycles. The molecule has 0 spiro atoms. The first-order valence-corrected chi connectivity index (χ1v) is 4.90. The van der Waals surface area contributed by atoms with E-state index in [1.54, 1.807) is 32.9 Å². The molecule has 1 N–H and O–H groups in total. The fourth-order valence-electron chi connectivity index (χ4n) is 1.07. The number of carbonyl (C=O) groups is 2. The number of aldehydes is 1. The fourth-order valence-corrected chi connectivity index (χ4v) is 1.07. The lowest BCUT2D eigenvalue weighted by atomic mass is 10.2. The summed E-state index contributed by atoms with van der Waals surface area (Å²) >= 11 is 0. The van der Waals surface area contributed by atoms with E-state index in [9.17, 15) is 9.59 Å². The molecular formula is C11H15NO4. The minimum Gasteiger partial charge on any atom is -0.467 e. The van der Waals surface area contributed by atoms with Crippen LogP contribution in [0.25, 0.3) is 0 Å². The normalized spacial score (nSPS) is 12.9. The average molecular weight is 225 g/mol. The molecule has 0 bridgehead atoms. The van der Waals surface area contributed by atoms with Crippen molar-refractivity contribution < 1.29 is 18.7 Å². The van der Waals surface area contributed by atoms with Gasteiger partial charge in [0.05, 0.1) is 6.26 Å². The summed E-state index contributed by atoms with van der Waals surface area (Å²) in [4.78, 5) is 22.2. The fraction of sp³-hybridized carbons (Fsp3) is 0.455. The van der Waals surface area contributed by atoms with Crippen LogP contribution in [0.15, 0.2) is 22.8 Å². The van der Waals surface area contributed by atoms with E-state index in [4.69, 9.17) is 9.15 Å². The highest BCUT2D eigenvalue weighted by atomic mass is 16.6. The van der Waals surface area contributed by atoms with Gasteiger partial charge >= 0.3 is 6.09 Å². The number of nitrogens with one attached hydrogen (secondary N) is 1. The van der Waals surface area contributed by atoms with Gasteiger partial charge < -0.3 is 19.3 Å². The van der Waals surface area contributed by atoms with Crippen molar-refractivity contribution in [2.24, 2.45) is 0 Å². The molecule has 0 saturated carbocycles. The lowest BCUT2D eigenvalue weighted by Gasteiger charge is -2.20. The lowest BCUT2D eigenvalue weighted by Crippen LogP contribution is -2.35. The molecule has 1 atom stereocenters. The van der Waals surface area contributed by atoms with Gasteiger partial charge in [-0.05, 0) is 32.9 Å². The van der Waals surface area contributed by atoms with Crippen LogP contribution in [0.3, 0.4) is 0 Å². The van der Waals surface area contributed by atoms with E-state index in [0.29, 0.717) is 12.0 Å². The molecule has 0 aliphatic heterocycles. The maximum absolute atomic E-state index is 11.4. The zero-order valence-electron chi connectivity index (χ0n) is 9.52. The first kappa shape index (κ1) is 12.3. The Morgan fingerprint density at radius 1 is 1.56 bits per heavy atom. The van der Waals surface area contributed by atoms with Gasteiger partial charge in [0.2, 0.25) is 0 Å². The Morgan fingerprint density at radius 2 is 2.25 bits per heavy atom. The van der Waals surface area contributed by atoms with Gasteiger partial charge in [0.1, 0.15) is 23.7 Å². The number of furan rings is 1. The van der Waals surface area contributed by atoms with Crippen LogP contribution in [0, 0.1) is 0 Å². The molecule has 1 amide bonds. The Kier molecular flexibility index (Phi) is 3.71. The van der Waals surface area contributed by atoms with Crippen molar-refractivity contribution in [1.82, 2.24) is 5.32 Å². The van der Waals surface area contributed by atoms with Crippen molar-refractivity contribution in [2.45, 2.75) is 32.4 Å². The monoisotopic (exact) mass is 225 g/mol. The Labute approximate surface area is 93.8 Å². The molecule has 0 fully saturated rings. The zero-order chi connectivity index (χ0) is 12.2. The minimum atomic E-state index is -0.815. The highest BCUT2D eigenvalue weighted by Gasteiger charge is 2.21. The molecule has 16 heavy (non-hydrogen) atoms. The Bertz CT molecular complexity index is 351. The SMILES string of the molecule is CC(C)(C)OC(=O)NC(C=O)c1ccco1. The molecule has 1 aromatic heterocycles. The highest BCUT2D eigenvalue weighted by molar-refractivity contribution is 5.74. The van der Waals surface area contributed by atoms with Crippen LogP contribution in [0.1, 0.15) is 32.6 Å². The number of alkyl carbamates (subject to hydrolysis) is 1. The molecule has 1 heterocycles. The molecule has 1 unspecified atom stereocenters. The number of ether oxygens (including phenoxy) is 1. The number of rotatable bonds is 3. The molecule has 0 aliphatic carbocycles. The van der Waals surface area contributed by atoms with Gasteiger partial charge in [-0.1, -0.05) is 0 Å². The van der Waals surface area contributed by atoms with Crippen molar-refractivity contribution in [2.75, 3.05) is 0 Å². The summed E-state index contributed by atoms with van der Waals surface area (Å²) in [5.74, 6) is 0.376. The third kappa shape index (κ3) is 3.76. The van der Waals surface area contributed by atoms with Gasteiger partial charge in [0.15, 0.2) is 0 Å². The van der Waals surface area contributed by atoms with Gasteiger partial charge in [-0.25, -0.2) is 4.79 Å². The largest absolute Gasteiger partial charge is 0.467 e. The van der Waals surface area contributed by atoms with Crippen LogP contribution >= 0.6 is 0 Å². The second-order valence-corrected chi connectivity index (χ2v) is 4.28. The van der Waals surface area contributed by atoms with E-state index in [0.717, 1.165) is 0 Å². The van der Waals surface area contributed by atoms with Gasteiger partial charge in [-0.3, -0.25) is 0 Å². The zero-order valence-corrected chi connectivity index (χ0v) is 9.52. The first-order valence-electron chi connectivity index (χ1n) is 4.90. The summed E-state index contributed by atoms with van der Waals surface area (Å²) in [6.07, 6.45) is 1.37. The number of carbonyl (C=O) groups excluding carboxylic acids is 2. The Hall–Kier alpha value is -1.78. The van der Waals surface area contributed by atoms with Crippen LogP contribution in [-0.4, -0.2) is 18.0 Å². The number of hydrogen-bond acceptors (Lipinski definition) is 4. The van der Waals surface area contributed by atoms with Gasteiger partial charge in [0.25, 0.3) is 0 Å². The van der Waals surface area contributed by atoms with Crippen molar-refractivity contribution in [3.8, 4) is 0 Å². The minimum absolute atomic E-state index is 0.376. The van der Waals surface area contributed by atoms with E-state index in [-0.39, 0.29) is 0 Å². The van der Waals surface area contributed by atoms with Gasteiger partial charge in [0, 0.05) is 0 Å². The van der Waals surface area contributed by atoms with E-state index >= 15 is 0 Å². The quantitative estimate of drug-likeness (QED) is 0.799. The maximum Gasteiger partial charge on any atom is 0.408 e. The van der Waals surface area contributed by atoms with E-state index < -0.39 is 17.7 Å². The van der Waals surface area contributed by atoms with Crippen LogP contribution < -0.4 is 5.32 Å². The molecule has 88 valence electrons. The predicted molar refractivity (Wildman–Crippen MR) is 56.9 cm³/mol. The predicted octanol–water partition coefficient (Wildman–Crippen LogP) is 2.04. The maximum atomic E-state index is 11.4. The third-order valence-corrected chi connectivity index (χ3v) is 1.66. The van der Waals surface area contributed by atoms with Crippen molar-refractivity contribution in [3.63, 3.8) is 0 Å². The lowest BCUT2D eigenvalue weighted by molar-refractivity contribution is -0.110. The van der Waals surface area contributed by atoms with E-state index in [1.807, 2.05) is 0 Å². The average Bonchev–Trinajstić information content (AvgIpc) is 2.63. The molecule has 5 heteroatoms. The summed E-state index contributed by atoms with van der Waals surface area (Å²) in [7, 11) is 0. The van der Waals surface area contributed by atoms with Gasteiger partial charge in [-0.2, -0.15) is 0 Å². The smallest absolute Gasteiger partial charge is 0.408 e. The highest BCUT2D eigenvalue weighted by Crippen LogP contribution is 2.13. The van der Waals surface area contributed by atoms with E-state index in [1.165, 1.54) is 6.26 Å². The van der Waals surface area contributed by atoms with Crippen LogP contribution in [0.5, 0.6) is 0 Å². The van der Waals surface area contributed by atoms with Crippen molar-refractivity contribution in [1.29, 1.82) is 0 Å². The van der Waals surface area contributed by atoms with Crippen LogP contribution in [0.4, 0.5) is 4.79 Å². The molecule has 1 aromatic rings. The van der Waals surface area contributed by atoms with Crippen LogP contribution in [0.2, 0.25) is 0 Å². The summed E-state index contributed by atoms with van der Waals surface area (Å²) in [6, 6.07) is 2.43. The topological polar surface area (TPSA) is 68.5 Å². The standard InChI is InChI=1S/C11H15NO4/c1-11(2,3)16-10(14)12-8(7-13)9-5-4-6-15-9/h4-8H,1-3H3,(H,12,14). The Balaban J connectivity index is 2.58. The molecule has 1 rings (SSSR count). The first-order chi connectivity index (χ1) is 7.42. The molecule has 0 radical (unpaired) electrons. The Morgan fingerprint density at radius 3 is 2.69 bits per heavy atom. The van der Waals surface area contributed by atoms with E-state index in [2.05, 4.69) is 5.32 Å². The molecule has 0 aliphatic rings. The molecule has 5 nitrogen and oxygen atoms in total. The molecule has 0 aromatic carbocycles. The summed E-state index contributed by atoms with van der Waals surface area (Å²) in [5.41, 5.74) is -0.597. The summed E-state index contributed by atoms with van der Waals surface area (Å²) in [5, 5.41) is 2.40. The van der Waals surface area contributed by atoms with Crippen molar-refractivity contribution in [3.05, 3.63) is 24.2 Å². The van der Waals surface area contributed by atoms with Crippen LogP contribution in [-0.2, 0) is 9.53 Å². The second kappa shape index (κ2) is 4.83. The summed E-state index contributed by atoms with van der Waals surface area (Å²) in [6.45, 7) is 5.24. The second-order valence-electron chi connectivity index (χ2n) is 4.28. The van der Waals surface area contributed by atoms with Gasteiger partial charge in [-0.15, -0.1) is 0 Å². The number of hydrogen-bond donors (Lipinski definition) is 1. The van der Waals surface area contributed by atoms with Crippen molar-refractivity contribution >= 4 is 12.4 Å². The summed E-state index contributed by atoms with van der Waals surface area (Å²) < 4.78 is 10.0. The number of amides is 1.